The first kappa shape index (κ1) is 26.3. The van der Waals surface area contributed by atoms with E-state index in [0.29, 0.717) is 31.0 Å². The maximum absolute atomic E-state index is 13.1. The van der Waals surface area contributed by atoms with Crippen molar-refractivity contribution >= 4 is 22.7 Å². The Labute approximate surface area is 217 Å². The predicted molar refractivity (Wildman–Crippen MR) is 142 cm³/mol. The third-order valence-corrected chi connectivity index (χ3v) is 7.09. The monoisotopic (exact) mass is 502 g/mol. The Hall–Kier alpha value is -3.75. The zero-order valence-corrected chi connectivity index (χ0v) is 21.5. The van der Waals surface area contributed by atoms with Crippen LogP contribution in [0.5, 0.6) is 5.75 Å². The number of hydrogen-bond acceptors (Lipinski definition) is 6. The van der Waals surface area contributed by atoms with Crippen molar-refractivity contribution in [3.8, 4) is 5.75 Å². The molecule has 1 aliphatic rings. The van der Waals surface area contributed by atoms with Gasteiger partial charge in [-0.25, -0.2) is 5.48 Å². The fraction of sp³-hybridized carbons (Fsp3) is 0.345. The van der Waals surface area contributed by atoms with Crippen molar-refractivity contribution in [3.05, 3.63) is 84.1 Å². The minimum Gasteiger partial charge on any atom is -0.489 e. The molecule has 2 amide bonds. The number of carbonyl (C=O) groups is 2. The van der Waals surface area contributed by atoms with Gasteiger partial charge in [-0.1, -0.05) is 24.3 Å². The van der Waals surface area contributed by atoms with E-state index >= 15 is 0 Å². The van der Waals surface area contributed by atoms with Gasteiger partial charge in [-0.05, 0) is 57.2 Å². The molecule has 0 unspecified atom stereocenters. The van der Waals surface area contributed by atoms with Crippen molar-refractivity contribution in [1.82, 2.24) is 20.7 Å². The zero-order chi connectivity index (χ0) is 26.6. The highest BCUT2D eigenvalue weighted by molar-refractivity contribution is 5.94. The molecule has 8 nitrogen and oxygen atoms in total. The van der Waals surface area contributed by atoms with E-state index in [1.54, 1.807) is 29.7 Å². The molecule has 0 saturated carbocycles. The molecule has 1 aromatic heterocycles. The molecule has 0 radical (unpaired) electrons. The quantitative estimate of drug-likeness (QED) is 0.232. The van der Waals surface area contributed by atoms with Crippen molar-refractivity contribution in [2.75, 3.05) is 13.1 Å². The summed E-state index contributed by atoms with van der Waals surface area (Å²) in [5.41, 5.74) is 4.84. The van der Waals surface area contributed by atoms with E-state index in [1.165, 1.54) is 0 Å². The molecule has 0 bridgehead atoms. The number of pyridine rings is 1. The number of hydrogen-bond donors (Lipinski definition) is 3. The highest BCUT2D eigenvalue weighted by Gasteiger charge is 2.40. The van der Waals surface area contributed by atoms with Gasteiger partial charge in [-0.15, -0.1) is 6.58 Å². The number of para-hydroxylation sites is 1. The second-order valence-electron chi connectivity index (χ2n) is 10.1. The molecule has 2 aromatic carbocycles. The van der Waals surface area contributed by atoms with E-state index in [1.807, 2.05) is 57.2 Å². The molecule has 8 heteroatoms. The van der Waals surface area contributed by atoms with E-state index in [9.17, 15) is 9.59 Å². The van der Waals surface area contributed by atoms with Gasteiger partial charge in [0.15, 0.2) is 0 Å². The van der Waals surface area contributed by atoms with Crippen LogP contribution in [0.25, 0.3) is 10.9 Å². The lowest BCUT2D eigenvalue weighted by Crippen LogP contribution is -2.44. The number of hydroxylamine groups is 1. The van der Waals surface area contributed by atoms with Gasteiger partial charge in [0.05, 0.1) is 5.52 Å². The van der Waals surface area contributed by atoms with Gasteiger partial charge < -0.3 is 10.1 Å². The van der Waals surface area contributed by atoms with E-state index in [-0.39, 0.29) is 29.8 Å². The number of aromatic nitrogens is 1. The number of carbonyl (C=O) groups excluding carboxylic acids is 2. The van der Waals surface area contributed by atoms with Gasteiger partial charge in [0.2, 0.25) is 5.91 Å². The molecule has 0 spiro atoms. The Bertz CT molecular complexity index is 1290. The lowest BCUT2D eigenvalue weighted by molar-refractivity contribution is -0.130. The van der Waals surface area contributed by atoms with Crippen LogP contribution in [0.15, 0.2) is 67.3 Å². The Morgan fingerprint density at radius 2 is 1.92 bits per heavy atom. The lowest BCUT2D eigenvalue weighted by atomic mass is 9.99. The lowest BCUT2D eigenvalue weighted by Gasteiger charge is -2.32. The maximum atomic E-state index is 13.1. The van der Waals surface area contributed by atoms with Crippen molar-refractivity contribution < 1.29 is 19.5 Å². The van der Waals surface area contributed by atoms with Crippen LogP contribution in [0.3, 0.4) is 0 Å². The topological polar surface area (TPSA) is 104 Å². The SMILES string of the molecule is C=CC(C)(C)N1C[C@H](CC(=O)NO)[C@H](NC(=O)c2ccc(OCc3cc(C)nc4ccccc34)cc2)C1. The fourth-order valence-electron chi connectivity index (χ4n) is 4.75. The Kier molecular flexibility index (Phi) is 7.90. The molecule has 1 aliphatic heterocycles. The van der Waals surface area contributed by atoms with Crippen LogP contribution < -0.4 is 15.5 Å². The van der Waals surface area contributed by atoms with Crippen molar-refractivity contribution in [3.63, 3.8) is 0 Å². The van der Waals surface area contributed by atoms with Crippen LogP contribution in [0.4, 0.5) is 0 Å². The van der Waals surface area contributed by atoms with Gasteiger partial charge in [0.25, 0.3) is 5.91 Å². The maximum Gasteiger partial charge on any atom is 0.251 e. The summed E-state index contributed by atoms with van der Waals surface area (Å²) in [4.78, 5) is 31.7. The number of fused-ring (bicyclic) bond motifs is 1. The number of nitrogens with zero attached hydrogens (tertiary/aromatic N) is 2. The van der Waals surface area contributed by atoms with Gasteiger partial charge in [0, 0.05) is 59.2 Å². The average molecular weight is 503 g/mol. The molecule has 1 fully saturated rings. The molecule has 1 saturated heterocycles. The molecule has 194 valence electrons. The molecule has 3 aromatic rings. The Morgan fingerprint density at radius 3 is 2.62 bits per heavy atom. The number of rotatable bonds is 9. The van der Waals surface area contributed by atoms with Crippen LogP contribution in [-0.4, -0.2) is 51.6 Å². The average Bonchev–Trinajstić information content (AvgIpc) is 3.30. The molecule has 4 rings (SSSR count). The smallest absolute Gasteiger partial charge is 0.251 e. The summed E-state index contributed by atoms with van der Waals surface area (Å²) < 4.78 is 6.02. The van der Waals surface area contributed by atoms with Crippen molar-refractivity contribution in [2.24, 2.45) is 5.92 Å². The van der Waals surface area contributed by atoms with Crippen LogP contribution >= 0.6 is 0 Å². The molecule has 3 N–H and O–H groups in total. The first-order valence-corrected chi connectivity index (χ1v) is 12.4. The van der Waals surface area contributed by atoms with E-state index < -0.39 is 5.91 Å². The number of aryl methyl sites for hydroxylation is 1. The molecule has 2 heterocycles. The van der Waals surface area contributed by atoms with Crippen LogP contribution in [0.2, 0.25) is 0 Å². The van der Waals surface area contributed by atoms with E-state index in [2.05, 4.69) is 21.8 Å². The first-order valence-electron chi connectivity index (χ1n) is 12.4. The Morgan fingerprint density at radius 1 is 1.19 bits per heavy atom. The van der Waals surface area contributed by atoms with Crippen LogP contribution in [0.1, 0.15) is 41.9 Å². The molecular formula is C29H34N4O4. The summed E-state index contributed by atoms with van der Waals surface area (Å²) in [7, 11) is 0. The highest BCUT2D eigenvalue weighted by Crippen LogP contribution is 2.28. The summed E-state index contributed by atoms with van der Waals surface area (Å²) in [6.45, 7) is 11.5. The van der Waals surface area contributed by atoms with Gasteiger partial charge >= 0.3 is 0 Å². The third kappa shape index (κ3) is 6.15. The standard InChI is InChI=1S/C29H34N4O4/c1-5-29(3,4)33-16-21(15-27(34)32-36)26(17-33)31-28(35)20-10-12-23(13-11-20)37-18-22-14-19(2)30-25-9-7-6-8-24(22)25/h5-14,21,26,36H,1,15-18H2,2-4H3,(H,31,35)(H,32,34)/t21-,26+/m0/s1. The number of amides is 2. The number of nitrogens with one attached hydrogen (secondary N) is 2. The minimum absolute atomic E-state index is 0.112. The van der Waals surface area contributed by atoms with Crippen LogP contribution in [0, 0.1) is 12.8 Å². The normalized spacial score (nSPS) is 17.9. The summed E-state index contributed by atoms with van der Waals surface area (Å²) in [6, 6.07) is 16.8. The summed E-state index contributed by atoms with van der Waals surface area (Å²) in [5.74, 6) is -0.176. The van der Waals surface area contributed by atoms with Crippen molar-refractivity contribution in [1.29, 1.82) is 0 Å². The van der Waals surface area contributed by atoms with Gasteiger partial charge in [-0.3, -0.25) is 24.7 Å². The van der Waals surface area contributed by atoms with Crippen LogP contribution in [-0.2, 0) is 11.4 Å². The highest BCUT2D eigenvalue weighted by atomic mass is 16.5. The first-order chi connectivity index (χ1) is 17.7. The fourth-order valence-corrected chi connectivity index (χ4v) is 4.75. The number of ether oxygens (including phenoxy) is 1. The number of benzene rings is 2. The van der Waals surface area contributed by atoms with E-state index in [0.717, 1.165) is 22.2 Å². The Balaban J connectivity index is 1.41. The second-order valence-corrected chi connectivity index (χ2v) is 10.1. The third-order valence-electron chi connectivity index (χ3n) is 7.09. The summed E-state index contributed by atoms with van der Waals surface area (Å²) >= 11 is 0. The van der Waals surface area contributed by atoms with Gasteiger partial charge in [0.1, 0.15) is 12.4 Å². The van der Waals surface area contributed by atoms with E-state index in [4.69, 9.17) is 9.94 Å². The minimum atomic E-state index is -0.471. The summed E-state index contributed by atoms with van der Waals surface area (Å²) in [6.07, 6.45) is 1.97. The van der Waals surface area contributed by atoms with Gasteiger partial charge in [-0.2, -0.15) is 0 Å². The molecule has 0 aliphatic carbocycles. The van der Waals surface area contributed by atoms with Crippen molar-refractivity contribution in [2.45, 2.75) is 45.4 Å². The second kappa shape index (κ2) is 11.1. The molecular weight excluding hydrogens is 468 g/mol. The largest absolute Gasteiger partial charge is 0.489 e. The molecule has 2 atom stereocenters. The number of likely N-dealkylation sites (tertiary alicyclic amines) is 1. The predicted octanol–water partition coefficient (Wildman–Crippen LogP) is 4.01. The summed E-state index contributed by atoms with van der Waals surface area (Å²) in [5, 5.41) is 13.1. The molecule has 37 heavy (non-hydrogen) atoms. The zero-order valence-electron chi connectivity index (χ0n) is 21.5.